The molecule has 0 atom stereocenters. The molecule has 158 valence electrons. The van der Waals surface area contributed by atoms with Crippen LogP contribution < -0.4 is 20.1 Å². The summed E-state index contributed by atoms with van der Waals surface area (Å²) in [6, 6.07) is 10.6. The maximum absolute atomic E-state index is 12.4. The minimum atomic E-state index is -3.78. The molecule has 0 bridgehead atoms. The minimum Gasteiger partial charge on any atom is -0.482 e. The Morgan fingerprint density at radius 3 is 2.50 bits per heavy atom. The standard InChI is InChI=1S/C20H21N3O6S/c1-2-17(24)14-5-8-18-16(9-14)23(20(26)12-29-18)11-19(25)22-10-13-3-6-15(7-4-13)30(21,27)28/h3-9H,2,10-12H2,1H3,(H,22,25)(H2,21,27,28). The van der Waals surface area contributed by atoms with Crippen LogP contribution in [0.15, 0.2) is 47.4 Å². The Kier molecular flexibility index (Phi) is 6.18. The molecule has 9 nitrogen and oxygen atoms in total. The van der Waals surface area contributed by atoms with Gasteiger partial charge in [0.2, 0.25) is 15.9 Å². The molecule has 0 radical (unpaired) electrons. The van der Waals surface area contributed by atoms with E-state index in [-0.39, 0.29) is 30.4 Å². The summed E-state index contributed by atoms with van der Waals surface area (Å²) in [6.07, 6.45) is 0.318. The molecule has 0 saturated carbocycles. The van der Waals surface area contributed by atoms with Gasteiger partial charge in [-0.3, -0.25) is 19.3 Å². The van der Waals surface area contributed by atoms with E-state index in [2.05, 4.69) is 5.32 Å². The van der Waals surface area contributed by atoms with Gasteiger partial charge in [-0.05, 0) is 35.9 Å². The second-order valence-electron chi connectivity index (χ2n) is 6.69. The smallest absolute Gasteiger partial charge is 0.265 e. The van der Waals surface area contributed by atoms with Crippen LogP contribution in [0.1, 0.15) is 29.3 Å². The largest absolute Gasteiger partial charge is 0.482 e. The lowest BCUT2D eigenvalue weighted by Gasteiger charge is -2.29. The fourth-order valence-corrected chi connectivity index (χ4v) is 3.47. The number of carbonyl (C=O) groups is 3. The van der Waals surface area contributed by atoms with Crippen molar-refractivity contribution in [3.05, 3.63) is 53.6 Å². The van der Waals surface area contributed by atoms with E-state index in [1.807, 2.05) is 0 Å². The van der Waals surface area contributed by atoms with Crippen LogP contribution >= 0.6 is 0 Å². The summed E-state index contributed by atoms with van der Waals surface area (Å²) >= 11 is 0. The van der Waals surface area contributed by atoms with Crippen LogP contribution in [0.2, 0.25) is 0 Å². The topological polar surface area (TPSA) is 136 Å². The average Bonchev–Trinajstić information content (AvgIpc) is 2.73. The molecule has 1 aliphatic rings. The lowest BCUT2D eigenvalue weighted by molar-refractivity contribution is -0.125. The SMILES string of the molecule is CCC(=O)c1ccc2c(c1)N(CC(=O)NCc1ccc(S(N)(=O)=O)cc1)C(=O)CO2. The van der Waals surface area contributed by atoms with Crippen molar-refractivity contribution in [3.63, 3.8) is 0 Å². The predicted octanol–water partition coefficient (Wildman–Crippen LogP) is 0.969. The molecule has 0 spiro atoms. The first kappa shape index (κ1) is 21.5. The van der Waals surface area contributed by atoms with Crippen molar-refractivity contribution in [1.29, 1.82) is 0 Å². The fraction of sp³-hybridized carbons (Fsp3) is 0.250. The summed E-state index contributed by atoms with van der Waals surface area (Å²) in [5, 5.41) is 7.74. The molecular formula is C20H21N3O6S. The van der Waals surface area contributed by atoms with Gasteiger partial charge in [-0.2, -0.15) is 0 Å². The maximum atomic E-state index is 12.4. The number of primary sulfonamides is 1. The zero-order valence-electron chi connectivity index (χ0n) is 16.3. The molecule has 3 rings (SSSR count). The van der Waals surface area contributed by atoms with E-state index in [0.717, 1.165) is 0 Å². The Labute approximate surface area is 173 Å². The number of sulfonamides is 1. The van der Waals surface area contributed by atoms with Crippen molar-refractivity contribution in [2.24, 2.45) is 5.14 Å². The highest BCUT2D eigenvalue weighted by atomic mass is 32.2. The first-order valence-corrected chi connectivity index (χ1v) is 10.7. The van der Waals surface area contributed by atoms with Gasteiger partial charge < -0.3 is 10.1 Å². The molecule has 3 N–H and O–H groups in total. The number of Topliss-reactive ketones (excluding diaryl/α,β-unsaturated/α-hetero) is 1. The zero-order chi connectivity index (χ0) is 21.9. The molecule has 1 heterocycles. The van der Waals surface area contributed by atoms with Crippen LogP contribution in [0.3, 0.4) is 0 Å². The third-order valence-electron chi connectivity index (χ3n) is 4.59. The Morgan fingerprint density at radius 2 is 1.87 bits per heavy atom. The van der Waals surface area contributed by atoms with Crippen LogP contribution in [-0.4, -0.2) is 39.2 Å². The predicted molar refractivity (Wildman–Crippen MR) is 109 cm³/mol. The number of carbonyl (C=O) groups excluding carboxylic acids is 3. The minimum absolute atomic E-state index is 0.0227. The molecule has 2 aromatic rings. The zero-order valence-corrected chi connectivity index (χ0v) is 17.1. The number of nitrogens with two attached hydrogens (primary N) is 1. The molecule has 2 amide bonds. The summed E-state index contributed by atoms with van der Waals surface area (Å²) < 4.78 is 28.0. The fourth-order valence-electron chi connectivity index (χ4n) is 2.95. The number of fused-ring (bicyclic) bond motifs is 1. The van der Waals surface area contributed by atoms with Crippen molar-refractivity contribution in [2.45, 2.75) is 24.8 Å². The number of ether oxygens (including phenoxy) is 1. The highest BCUT2D eigenvalue weighted by Gasteiger charge is 2.28. The Balaban J connectivity index is 1.69. The summed E-state index contributed by atoms with van der Waals surface area (Å²) in [5.41, 5.74) is 1.48. The molecule has 0 aliphatic carbocycles. The number of hydrogen-bond donors (Lipinski definition) is 2. The second-order valence-corrected chi connectivity index (χ2v) is 8.25. The summed E-state index contributed by atoms with van der Waals surface area (Å²) in [7, 11) is -3.78. The lowest BCUT2D eigenvalue weighted by atomic mass is 10.1. The Bertz CT molecular complexity index is 1100. The molecule has 1 aliphatic heterocycles. The first-order chi connectivity index (χ1) is 14.2. The maximum Gasteiger partial charge on any atom is 0.265 e. The molecule has 10 heteroatoms. The number of benzene rings is 2. The van der Waals surface area contributed by atoms with E-state index in [4.69, 9.17) is 9.88 Å². The van der Waals surface area contributed by atoms with Crippen LogP contribution in [0.5, 0.6) is 5.75 Å². The second kappa shape index (κ2) is 8.64. The van der Waals surface area contributed by atoms with Crippen LogP contribution in [0.25, 0.3) is 0 Å². The number of hydrogen-bond acceptors (Lipinski definition) is 6. The highest BCUT2D eigenvalue weighted by molar-refractivity contribution is 7.89. The van der Waals surface area contributed by atoms with E-state index in [1.165, 1.54) is 29.2 Å². The van der Waals surface area contributed by atoms with E-state index in [1.54, 1.807) is 25.1 Å². The molecule has 30 heavy (non-hydrogen) atoms. The molecule has 2 aromatic carbocycles. The van der Waals surface area contributed by atoms with E-state index in [9.17, 15) is 22.8 Å². The van der Waals surface area contributed by atoms with Gasteiger partial charge in [0.1, 0.15) is 12.3 Å². The van der Waals surface area contributed by atoms with Gasteiger partial charge >= 0.3 is 0 Å². The van der Waals surface area contributed by atoms with E-state index in [0.29, 0.717) is 29.0 Å². The molecule has 0 unspecified atom stereocenters. The van der Waals surface area contributed by atoms with Gasteiger partial charge in [0.25, 0.3) is 5.91 Å². The van der Waals surface area contributed by atoms with Crippen LogP contribution in [0, 0.1) is 0 Å². The van der Waals surface area contributed by atoms with E-state index >= 15 is 0 Å². The van der Waals surface area contributed by atoms with Gasteiger partial charge in [0.15, 0.2) is 12.4 Å². The summed E-state index contributed by atoms with van der Waals surface area (Å²) in [4.78, 5) is 38.0. The number of nitrogens with one attached hydrogen (secondary N) is 1. The highest BCUT2D eigenvalue weighted by Crippen LogP contribution is 2.33. The number of rotatable bonds is 7. The van der Waals surface area contributed by atoms with Crippen LogP contribution in [-0.2, 0) is 26.2 Å². The lowest BCUT2D eigenvalue weighted by Crippen LogP contribution is -2.45. The third-order valence-corrected chi connectivity index (χ3v) is 5.52. The van der Waals surface area contributed by atoms with Crippen molar-refractivity contribution in [2.75, 3.05) is 18.1 Å². The summed E-state index contributed by atoms with van der Waals surface area (Å²) in [6.45, 7) is 1.44. The number of nitrogens with zero attached hydrogens (tertiary/aromatic N) is 1. The number of ketones is 1. The Morgan fingerprint density at radius 1 is 1.17 bits per heavy atom. The van der Waals surface area contributed by atoms with Crippen molar-refractivity contribution >= 4 is 33.3 Å². The van der Waals surface area contributed by atoms with Gasteiger partial charge in [-0.25, -0.2) is 13.6 Å². The first-order valence-electron chi connectivity index (χ1n) is 9.18. The van der Waals surface area contributed by atoms with Gasteiger partial charge in [0, 0.05) is 18.5 Å². The van der Waals surface area contributed by atoms with E-state index < -0.39 is 21.8 Å². The molecule has 0 saturated heterocycles. The quantitative estimate of drug-likeness (QED) is 0.627. The average molecular weight is 431 g/mol. The van der Waals surface area contributed by atoms with Gasteiger partial charge in [-0.15, -0.1) is 0 Å². The van der Waals surface area contributed by atoms with Gasteiger partial charge in [0.05, 0.1) is 10.6 Å². The molecule has 0 fully saturated rings. The summed E-state index contributed by atoms with van der Waals surface area (Å²) in [5.74, 6) is -0.466. The molecular weight excluding hydrogens is 410 g/mol. The van der Waals surface area contributed by atoms with Gasteiger partial charge in [-0.1, -0.05) is 19.1 Å². The Hall–Kier alpha value is -3.24. The van der Waals surface area contributed by atoms with Crippen molar-refractivity contribution in [1.82, 2.24) is 5.32 Å². The number of anilines is 1. The normalized spacial score (nSPS) is 13.4. The third kappa shape index (κ3) is 4.84. The van der Waals surface area contributed by atoms with Crippen molar-refractivity contribution < 1.29 is 27.5 Å². The molecule has 0 aromatic heterocycles. The monoisotopic (exact) mass is 431 g/mol. The number of amides is 2. The van der Waals surface area contributed by atoms with Crippen LogP contribution in [0.4, 0.5) is 5.69 Å². The van der Waals surface area contributed by atoms with Crippen molar-refractivity contribution in [3.8, 4) is 5.75 Å².